The van der Waals surface area contributed by atoms with Gasteiger partial charge in [-0.1, -0.05) is 12.1 Å². The molecule has 1 atom stereocenters. The van der Waals surface area contributed by atoms with Crippen LogP contribution in [0.5, 0.6) is 11.5 Å². The van der Waals surface area contributed by atoms with Crippen LogP contribution in [0.15, 0.2) is 42.5 Å². The number of methoxy groups -OCH3 is 3. The summed E-state index contributed by atoms with van der Waals surface area (Å²) in [7, 11) is 4.52. The Bertz CT molecular complexity index is 1190. The number of nitrogens with zero attached hydrogens (tertiary/aromatic N) is 2. The number of hydrogen-bond acceptors (Lipinski definition) is 7. The third kappa shape index (κ3) is 4.65. The number of aromatic nitrogens is 1. The monoisotopic (exact) mass is 466 g/mol. The Morgan fingerprint density at radius 3 is 2.59 bits per heavy atom. The van der Waals surface area contributed by atoms with Gasteiger partial charge in [0.15, 0.2) is 0 Å². The zero-order valence-corrected chi connectivity index (χ0v) is 19.9. The highest BCUT2D eigenvalue weighted by molar-refractivity contribution is 6.13. The van der Waals surface area contributed by atoms with Crippen molar-refractivity contribution in [2.45, 2.75) is 13.0 Å². The molecule has 1 fully saturated rings. The maximum absolute atomic E-state index is 13.0. The molecule has 0 aliphatic carbocycles. The van der Waals surface area contributed by atoms with Crippen LogP contribution >= 0.6 is 0 Å². The van der Waals surface area contributed by atoms with Gasteiger partial charge in [0.25, 0.3) is 0 Å². The molecule has 1 aliphatic heterocycles. The SMILES string of the molecule is COC(=O)c1[nH]c2cccc(OC)c2c1NC(=O)CN1CCN(c2cccc(OC)c2)[C@H](C)C1. The first-order valence-electron chi connectivity index (χ1n) is 11.1. The van der Waals surface area contributed by atoms with E-state index in [0.717, 1.165) is 31.1 Å². The second-order valence-corrected chi connectivity index (χ2v) is 8.28. The predicted molar refractivity (Wildman–Crippen MR) is 131 cm³/mol. The van der Waals surface area contributed by atoms with E-state index in [1.165, 1.54) is 7.11 Å². The average Bonchev–Trinajstić information content (AvgIpc) is 3.22. The Balaban J connectivity index is 1.48. The topological polar surface area (TPSA) is 96.1 Å². The lowest BCUT2D eigenvalue weighted by atomic mass is 10.1. The number of H-pyrrole nitrogens is 1. The van der Waals surface area contributed by atoms with E-state index in [0.29, 0.717) is 22.3 Å². The summed E-state index contributed by atoms with van der Waals surface area (Å²) in [6.45, 7) is 4.60. The molecule has 9 heteroatoms. The number of piperazine rings is 1. The number of anilines is 2. The van der Waals surface area contributed by atoms with Gasteiger partial charge < -0.3 is 29.4 Å². The quantitative estimate of drug-likeness (QED) is 0.517. The zero-order valence-electron chi connectivity index (χ0n) is 19.9. The van der Waals surface area contributed by atoms with Crippen LogP contribution in [0.1, 0.15) is 17.4 Å². The fraction of sp³-hybridized carbons (Fsp3) is 0.360. The molecule has 34 heavy (non-hydrogen) atoms. The van der Waals surface area contributed by atoms with E-state index in [1.807, 2.05) is 30.3 Å². The van der Waals surface area contributed by atoms with Crippen LogP contribution in [0.3, 0.4) is 0 Å². The molecule has 2 heterocycles. The van der Waals surface area contributed by atoms with E-state index in [4.69, 9.17) is 14.2 Å². The molecule has 1 aliphatic rings. The Morgan fingerprint density at radius 2 is 1.88 bits per heavy atom. The van der Waals surface area contributed by atoms with Gasteiger partial charge in [-0.25, -0.2) is 4.79 Å². The molecule has 1 saturated heterocycles. The first-order chi connectivity index (χ1) is 16.4. The summed E-state index contributed by atoms with van der Waals surface area (Å²) in [5.74, 6) is 0.606. The Morgan fingerprint density at radius 1 is 1.09 bits per heavy atom. The predicted octanol–water partition coefficient (Wildman–Crippen LogP) is 3.12. The third-order valence-corrected chi connectivity index (χ3v) is 6.12. The minimum atomic E-state index is -0.561. The number of amides is 1. The average molecular weight is 467 g/mol. The molecule has 9 nitrogen and oxygen atoms in total. The molecule has 2 N–H and O–H groups in total. The molecule has 180 valence electrons. The molecule has 0 saturated carbocycles. The van der Waals surface area contributed by atoms with E-state index in [2.05, 4.69) is 33.1 Å². The van der Waals surface area contributed by atoms with Crippen molar-refractivity contribution >= 4 is 34.2 Å². The summed E-state index contributed by atoms with van der Waals surface area (Å²) in [5, 5.41) is 3.55. The summed E-state index contributed by atoms with van der Waals surface area (Å²) in [5.41, 5.74) is 2.33. The molecule has 2 aromatic carbocycles. The number of carbonyl (C=O) groups is 2. The third-order valence-electron chi connectivity index (χ3n) is 6.12. The minimum Gasteiger partial charge on any atom is -0.497 e. The fourth-order valence-electron chi connectivity index (χ4n) is 4.50. The molecule has 0 spiro atoms. The van der Waals surface area contributed by atoms with Crippen molar-refractivity contribution in [2.24, 2.45) is 0 Å². The van der Waals surface area contributed by atoms with Crippen molar-refractivity contribution < 1.29 is 23.8 Å². The van der Waals surface area contributed by atoms with Crippen LogP contribution in [0, 0.1) is 0 Å². The highest BCUT2D eigenvalue weighted by Crippen LogP contribution is 2.35. The summed E-state index contributed by atoms with van der Waals surface area (Å²) in [4.78, 5) is 32.9. The van der Waals surface area contributed by atoms with Gasteiger partial charge in [0, 0.05) is 37.4 Å². The Hall–Kier alpha value is -3.72. The van der Waals surface area contributed by atoms with Crippen LogP contribution in [-0.2, 0) is 9.53 Å². The number of benzene rings is 2. The standard InChI is InChI=1S/C25H30N4O5/c1-16-14-28(11-12-29(16)17-7-5-8-18(13-17)32-2)15-21(30)27-23-22-19(9-6-10-20(22)33-3)26-24(23)25(31)34-4/h5-10,13,16,26H,11-12,14-15H2,1-4H3,(H,27,30)/t16-/m1/s1. The van der Waals surface area contributed by atoms with Crippen molar-refractivity contribution in [2.75, 3.05) is 57.7 Å². The van der Waals surface area contributed by atoms with E-state index in [1.54, 1.807) is 20.3 Å². The summed E-state index contributed by atoms with van der Waals surface area (Å²) in [6.07, 6.45) is 0. The zero-order chi connectivity index (χ0) is 24.2. The lowest BCUT2D eigenvalue weighted by molar-refractivity contribution is -0.117. The number of nitrogens with one attached hydrogen (secondary N) is 2. The minimum absolute atomic E-state index is 0.187. The first kappa shape index (κ1) is 23.4. The number of hydrogen-bond donors (Lipinski definition) is 2. The van der Waals surface area contributed by atoms with Gasteiger partial charge >= 0.3 is 5.97 Å². The van der Waals surface area contributed by atoms with Crippen LogP contribution in [0.25, 0.3) is 10.9 Å². The number of aromatic amines is 1. The number of esters is 1. The van der Waals surface area contributed by atoms with E-state index in [9.17, 15) is 9.59 Å². The molecule has 0 bridgehead atoms. The Labute approximate surface area is 198 Å². The van der Waals surface area contributed by atoms with Gasteiger partial charge in [-0.05, 0) is 31.2 Å². The van der Waals surface area contributed by atoms with E-state index >= 15 is 0 Å². The number of ether oxygens (including phenoxy) is 3. The summed E-state index contributed by atoms with van der Waals surface area (Å²) in [6, 6.07) is 13.6. The maximum atomic E-state index is 13.0. The Kier molecular flexibility index (Phi) is 6.93. The molecule has 1 aromatic heterocycles. The largest absolute Gasteiger partial charge is 0.497 e. The molecule has 4 rings (SSSR count). The van der Waals surface area contributed by atoms with Crippen LogP contribution in [0.4, 0.5) is 11.4 Å². The highest BCUT2D eigenvalue weighted by atomic mass is 16.5. The first-order valence-corrected chi connectivity index (χ1v) is 11.1. The van der Waals surface area contributed by atoms with Gasteiger partial charge in [0.1, 0.15) is 17.2 Å². The number of carbonyl (C=O) groups excluding carboxylic acids is 2. The summed E-state index contributed by atoms with van der Waals surface area (Å²) < 4.78 is 15.7. The molecular weight excluding hydrogens is 436 g/mol. The molecular formula is C25H30N4O5. The van der Waals surface area contributed by atoms with E-state index < -0.39 is 5.97 Å². The highest BCUT2D eigenvalue weighted by Gasteiger charge is 2.27. The van der Waals surface area contributed by atoms with Crippen molar-refractivity contribution in [1.82, 2.24) is 9.88 Å². The van der Waals surface area contributed by atoms with Gasteiger partial charge in [-0.2, -0.15) is 0 Å². The van der Waals surface area contributed by atoms with Gasteiger partial charge in [0.2, 0.25) is 5.91 Å². The van der Waals surface area contributed by atoms with Crippen molar-refractivity contribution in [3.05, 3.63) is 48.2 Å². The lowest BCUT2D eigenvalue weighted by Crippen LogP contribution is -2.53. The van der Waals surface area contributed by atoms with Crippen molar-refractivity contribution in [3.8, 4) is 11.5 Å². The maximum Gasteiger partial charge on any atom is 0.356 e. The normalized spacial score (nSPS) is 16.4. The second-order valence-electron chi connectivity index (χ2n) is 8.28. The van der Waals surface area contributed by atoms with Crippen LogP contribution < -0.4 is 19.7 Å². The molecule has 1 amide bonds. The van der Waals surface area contributed by atoms with E-state index in [-0.39, 0.29) is 24.2 Å². The van der Waals surface area contributed by atoms with Crippen LogP contribution in [-0.4, -0.2) is 75.3 Å². The molecule has 0 unspecified atom stereocenters. The van der Waals surface area contributed by atoms with Gasteiger partial charge in [-0.15, -0.1) is 0 Å². The fourth-order valence-corrected chi connectivity index (χ4v) is 4.50. The molecule has 3 aromatic rings. The van der Waals surface area contributed by atoms with Gasteiger partial charge in [0.05, 0.1) is 44.5 Å². The van der Waals surface area contributed by atoms with Crippen molar-refractivity contribution in [1.29, 1.82) is 0 Å². The van der Waals surface area contributed by atoms with Gasteiger partial charge in [-0.3, -0.25) is 9.69 Å². The molecule has 0 radical (unpaired) electrons. The smallest absolute Gasteiger partial charge is 0.356 e. The number of rotatable bonds is 7. The second kappa shape index (κ2) is 10.0. The lowest BCUT2D eigenvalue weighted by Gasteiger charge is -2.41. The number of fused-ring (bicyclic) bond motifs is 1. The summed E-state index contributed by atoms with van der Waals surface area (Å²) >= 11 is 0. The van der Waals surface area contributed by atoms with Crippen molar-refractivity contribution in [3.63, 3.8) is 0 Å². The van der Waals surface area contributed by atoms with Crippen LogP contribution in [0.2, 0.25) is 0 Å².